The van der Waals surface area contributed by atoms with Crippen molar-refractivity contribution in [3.63, 3.8) is 0 Å². The van der Waals surface area contributed by atoms with Crippen molar-refractivity contribution in [1.82, 2.24) is 0 Å². The molecule has 5 aliphatic rings. The first-order chi connectivity index (χ1) is 12.2. The zero-order valence-corrected chi connectivity index (χ0v) is 15.4. The third-order valence-electron chi connectivity index (χ3n) is 8.58. The Bertz CT molecular complexity index is 713. The maximum absolute atomic E-state index is 6.47. The van der Waals surface area contributed by atoms with Gasteiger partial charge in [-0.25, -0.2) is 0 Å². The summed E-state index contributed by atoms with van der Waals surface area (Å²) in [4.78, 5) is 0. The molecule has 4 saturated carbocycles. The maximum atomic E-state index is 6.47. The van der Waals surface area contributed by atoms with Gasteiger partial charge >= 0.3 is 0 Å². The maximum Gasteiger partial charge on any atom is 0.120 e. The summed E-state index contributed by atoms with van der Waals surface area (Å²) in [5.74, 6) is 7.72. The summed E-state index contributed by atoms with van der Waals surface area (Å²) in [6, 6.07) is 9.21. The van der Waals surface area contributed by atoms with Crippen molar-refractivity contribution in [3.05, 3.63) is 42.0 Å². The fraction of sp³-hybridized carbons (Fsp3) is 0.667. The lowest BCUT2D eigenvalue weighted by Gasteiger charge is -2.37. The number of hydrogen-bond donors (Lipinski definition) is 0. The molecule has 132 valence electrons. The average molecular weight is 335 g/mol. The summed E-state index contributed by atoms with van der Waals surface area (Å²) < 4.78 is 6.47. The van der Waals surface area contributed by atoms with Crippen molar-refractivity contribution in [3.8, 4) is 5.75 Å². The van der Waals surface area contributed by atoms with Crippen LogP contribution in [0.4, 0.5) is 0 Å². The SMILES string of the molecule is CC1(Oc2cccc(C3CC4CC3C3C5C=CC(C5)C43)c2)CCCC1. The van der Waals surface area contributed by atoms with Gasteiger partial charge in [-0.05, 0) is 111 Å². The smallest absolute Gasteiger partial charge is 0.120 e. The van der Waals surface area contributed by atoms with Gasteiger partial charge in [-0.3, -0.25) is 0 Å². The Morgan fingerprint density at radius 1 is 0.960 bits per heavy atom. The third kappa shape index (κ3) is 2.14. The Morgan fingerprint density at radius 3 is 2.60 bits per heavy atom. The third-order valence-corrected chi connectivity index (χ3v) is 8.58. The number of allylic oxidation sites excluding steroid dienone is 2. The highest BCUT2D eigenvalue weighted by Gasteiger charge is 2.61. The summed E-state index contributed by atoms with van der Waals surface area (Å²) in [6.45, 7) is 2.30. The Balaban J connectivity index is 1.26. The number of ether oxygens (including phenoxy) is 1. The second-order valence-corrected chi connectivity index (χ2v) is 9.94. The van der Waals surface area contributed by atoms with E-state index >= 15 is 0 Å². The van der Waals surface area contributed by atoms with E-state index < -0.39 is 0 Å². The van der Waals surface area contributed by atoms with E-state index in [0.29, 0.717) is 0 Å². The molecule has 0 amide bonds. The summed E-state index contributed by atoms with van der Waals surface area (Å²) >= 11 is 0. The predicted molar refractivity (Wildman–Crippen MR) is 101 cm³/mol. The van der Waals surface area contributed by atoms with Crippen molar-refractivity contribution in [1.29, 1.82) is 0 Å². The Labute approximate surface area is 151 Å². The van der Waals surface area contributed by atoms with Gasteiger partial charge in [0.2, 0.25) is 0 Å². The fourth-order valence-corrected chi connectivity index (χ4v) is 7.72. The fourth-order valence-electron chi connectivity index (χ4n) is 7.72. The van der Waals surface area contributed by atoms with Gasteiger partial charge in [0.1, 0.15) is 11.4 Å². The molecule has 7 unspecified atom stereocenters. The quantitative estimate of drug-likeness (QED) is 0.489. The van der Waals surface area contributed by atoms with Crippen LogP contribution < -0.4 is 4.74 Å². The standard InChI is InChI=1S/C24H30O/c1-24(9-2-3-10-24)25-19-6-4-5-15(12-19)20-13-18-14-21(20)23-17-8-7-16(11-17)22(18)23/h4-8,12,16-18,20-23H,2-3,9-11,13-14H2,1H3. The first-order valence-corrected chi connectivity index (χ1v) is 10.7. The molecule has 5 aliphatic carbocycles. The van der Waals surface area contributed by atoms with Crippen LogP contribution in [0.3, 0.4) is 0 Å². The molecule has 1 aromatic rings. The van der Waals surface area contributed by atoms with Crippen LogP contribution >= 0.6 is 0 Å². The first-order valence-electron chi connectivity index (χ1n) is 10.7. The van der Waals surface area contributed by atoms with E-state index in [1.807, 2.05) is 0 Å². The van der Waals surface area contributed by atoms with E-state index in [0.717, 1.165) is 47.2 Å². The molecule has 0 aromatic heterocycles. The molecule has 0 spiro atoms. The molecule has 0 saturated heterocycles. The van der Waals surface area contributed by atoms with Crippen molar-refractivity contribution in [2.24, 2.45) is 35.5 Å². The van der Waals surface area contributed by atoms with E-state index in [9.17, 15) is 0 Å². The van der Waals surface area contributed by atoms with E-state index in [4.69, 9.17) is 4.74 Å². The Hall–Kier alpha value is -1.24. The minimum Gasteiger partial charge on any atom is -0.488 e. The monoisotopic (exact) mass is 334 g/mol. The van der Waals surface area contributed by atoms with Crippen LogP contribution in [0.25, 0.3) is 0 Å². The van der Waals surface area contributed by atoms with Crippen LogP contribution in [-0.4, -0.2) is 5.60 Å². The highest BCUT2D eigenvalue weighted by Crippen LogP contribution is 2.68. The highest BCUT2D eigenvalue weighted by atomic mass is 16.5. The molecule has 1 nitrogen and oxygen atoms in total. The van der Waals surface area contributed by atoms with Crippen molar-refractivity contribution in [2.75, 3.05) is 0 Å². The molecule has 7 atom stereocenters. The topological polar surface area (TPSA) is 9.23 Å². The minimum atomic E-state index is 0.0772. The van der Waals surface area contributed by atoms with Gasteiger partial charge in [-0.2, -0.15) is 0 Å². The molecule has 6 rings (SSSR count). The Kier molecular flexibility index (Phi) is 3.06. The van der Waals surface area contributed by atoms with Crippen molar-refractivity contribution >= 4 is 0 Å². The lowest BCUT2D eigenvalue weighted by molar-refractivity contribution is 0.0965. The molecular formula is C24H30O. The minimum absolute atomic E-state index is 0.0772. The van der Waals surface area contributed by atoms with Crippen molar-refractivity contribution in [2.45, 2.75) is 63.4 Å². The molecule has 0 N–H and O–H groups in total. The molecule has 4 fully saturated rings. The number of rotatable bonds is 3. The molecule has 1 heteroatoms. The van der Waals surface area contributed by atoms with Gasteiger partial charge < -0.3 is 4.74 Å². The van der Waals surface area contributed by atoms with Gasteiger partial charge in [-0.15, -0.1) is 0 Å². The van der Waals surface area contributed by atoms with Gasteiger partial charge in [-0.1, -0.05) is 24.3 Å². The number of benzene rings is 1. The lowest BCUT2D eigenvalue weighted by atomic mass is 9.68. The summed E-state index contributed by atoms with van der Waals surface area (Å²) in [5.41, 5.74) is 1.64. The molecule has 0 radical (unpaired) electrons. The van der Waals surface area contributed by atoms with Crippen LogP contribution in [-0.2, 0) is 0 Å². The molecule has 0 aliphatic heterocycles. The summed E-state index contributed by atoms with van der Waals surface area (Å²) in [7, 11) is 0. The van der Waals surface area contributed by atoms with Crippen LogP contribution in [0.1, 0.15) is 63.4 Å². The first kappa shape index (κ1) is 14.9. The van der Waals surface area contributed by atoms with Crippen LogP contribution in [0, 0.1) is 35.5 Å². The highest BCUT2D eigenvalue weighted by molar-refractivity contribution is 5.35. The molecule has 25 heavy (non-hydrogen) atoms. The van der Waals surface area contributed by atoms with E-state index in [2.05, 4.69) is 43.3 Å². The molecule has 0 heterocycles. The van der Waals surface area contributed by atoms with E-state index in [1.54, 1.807) is 5.56 Å². The van der Waals surface area contributed by atoms with Crippen LogP contribution in [0.15, 0.2) is 36.4 Å². The predicted octanol–water partition coefficient (Wildman–Crippen LogP) is 5.96. The van der Waals surface area contributed by atoms with Gasteiger partial charge in [0.05, 0.1) is 0 Å². The van der Waals surface area contributed by atoms with Gasteiger partial charge in [0.15, 0.2) is 0 Å². The van der Waals surface area contributed by atoms with Crippen LogP contribution in [0.2, 0.25) is 0 Å². The van der Waals surface area contributed by atoms with Gasteiger partial charge in [0, 0.05) is 0 Å². The zero-order chi connectivity index (χ0) is 16.6. The van der Waals surface area contributed by atoms with Crippen LogP contribution in [0.5, 0.6) is 5.75 Å². The van der Waals surface area contributed by atoms with E-state index in [1.165, 1.54) is 44.9 Å². The summed E-state index contributed by atoms with van der Waals surface area (Å²) in [6.07, 6.45) is 14.6. The molecule has 1 aromatic carbocycles. The number of hydrogen-bond acceptors (Lipinski definition) is 1. The number of fused-ring (bicyclic) bond motifs is 9. The average Bonchev–Trinajstić information content (AvgIpc) is 3.40. The van der Waals surface area contributed by atoms with E-state index in [-0.39, 0.29) is 5.60 Å². The van der Waals surface area contributed by atoms with Crippen molar-refractivity contribution < 1.29 is 4.74 Å². The normalized spacial score (nSPS) is 45.2. The zero-order valence-electron chi connectivity index (χ0n) is 15.4. The second kappa shape index (κ2) is 5.15. The van der Waals surface area contributed by atoms with Gasteiger partial charge in [0.25, 0.3) is 0 Å². The molecule has 4 bridgehead atoms. The second-order valence-electron chi connectivity index (χ2n) is 9.94. The summed E-state index contributed by atoms with van der Waals surface area (Å²) in [5, 5.41) is 0. The molecular weight excluding hydrogens is 304 g/mol. The Morgan fingerprint density at radius 2 is 1.76 bits per heavy atom. The largest absolute Gasteiger partial charge is 0.488 e. The lowest BCUT2D eigenvalue weighted by Crippen LogP contribution is -2.30.